The molecule has 0 spiro atoms. The molecule has 0 atom stereocenters. The Morgan fingerprint density at radius 2 is 1.91 bits per heavy atom. The van der Waals surface area contributed by atoms with Gasteiger partial charge in [-0.1, -0.05) is 19.3 Å². The SMILES string of the molecule is O=C(CC1CCCCC1)NCCn1ccnc1-c1ncccn1. The van der Waals surface area contributed by atoms with Gasteiger partial charge in [-0.05, 0) is 24.8 Å². The van der Waals surface area contributed by atoms with Crippen molar-refractivity contribution in [2.75, 3.05) is 6.54 Å². The molecule has 2 aromatic rings. The third-order valence-electron chi connectivity index (χ3n) is 4.35. The zero-order valence-corrected chi connectivity index (χ0v) is 13.3. The van der Waals surface area contributed by atoms with Gasteiger partial charge in [-0.2, -0.15) is 0 Å². The van der Waals surface area contributed by atoms with Gasteiger partial charge in [0.05, 0.1) is 0 Å². The minimum atomic E-state index is 0.162. The molecule has 0 saturated heterocycles. The van der Waals surface area contributed by atoms with Crippen LogP contribution in [0.2, 0.25) is 0 Å². The van der Waals surface area contributed by atoms with Crippen LogP contribution in [0.25, 0.3) is 11.6 Å². The van der Waals surface area contributed by atoms with Crippen molar-refractivity contribution in [3.63, 3.8) is 0 Å². The van der Waals surface area contributed by atoms with Crippen molar-refractivity contribution in [3.05, 3.63) is 30.9 Å². The Hall–Kier alpha value is -2.24. The van der Waals surface area contributed by atoms with Crippen LogP contribution < -0.4 is 5.32 Å². The fourth-order valence-electron chi connectivity index (χ4n) is 3.15. The number of aromatic nitrogens is 4. The molecule has 2 heterocycles. The summed E-state index contributed by atoms with van der Waals surface area (Å²) in [6.45, 7) is 1.27. The van der Waals surface area contributed by atoms with Crippen molar-refractivity contribution < 1.29 is 4.79 Å². The molecule has 1 aliphatic rings. The molecule has 1 amide bonds. The average molecular weight is 313 g/mol. The van der Waals surface area contributed by atoms with Gasteiger partial charge in [-0.25, -0.2) is 15.0 Å². The molecule has 3 rings (SSSR count). The van der Waals surface area contributed by atoms with E-state index in [9.17, 15) is 4.79 Å². The summed E-state index contributed by atoms with van der Waals surface area (Å²) in [7, 11) is 0. The summed E-state index contributed by atoms with van der Waals surface area (Å²) >= 11 is 0. The molecule has 0 bridgehead atoms. The number of rotatable bonds is 6. The number of nitrogens with one attached hydrogen (secondary N) is 1. The standard InChI is InChI=1S/C17H23N5O/c23-15(13-14-5-2-1-3-6-14)18-9-11-22-12-10-21-17(22)16-19-7-4-8-20-16/h4,7-8,10,12,14H,1-3,5-6,9,11,13H2,(H,18,23). The predicted octanol–water partition coefficient (Wildman–Crippen LogP) is 2.43. The van der Waals surface area contributed by atoms with Crippen molar-refractivity contribution in [1.29, 1.82) is 0 Å². The molecule has 0 aromatic carbocycles. The summed E-state index contributed by atoms with van der Waals surface area (Å²) in [5, 5.41) is 3.02. The van der Waals surface area contributed by atoms with E-state index in [-0.39, 0.29) is 5.91 Å². The lowest BCUT2D eigenvalue weighted by molar-refractivity contribution is -0.122. The van der Waals surface area contributed by atoms with Crippen LogP contribution in [-0.4, -0.2) is 32.0 Å². The summed E-state index contributed by atoms with van der Waals surface area (Å²) in [5.74, 6) is 2.07. The van der Waals surface area contributed by atoms with Crippen LogP contribution in [-0.2, 0) is 11.3 Å². The maximum absolute atomic E-state index is 12.0. The molecule has 0 unspecified atom stereocenters. The van der Waals surface area contributed by atoms with Gasteiger partial charge in [-0.3, -0.25) is 4.79 Å². The Labute approximate surface area is 136 Å². The third kappa shape index (κ3) is 4.37. The molecule has 23 heavy (non-hydrogen) atoms. The van der Waals surface area contributed by atoms with Crippen LogP contribution >= 0.6 is 0 Å². The first kappa shape index (κ1) is 15.6. The number of amides is 1. The summed E-state index contributed by atoms with van der Waals surface area (Å²) in [4.78, 5) is 24.8. The predicted molar refractivity (Wildman–Crippen MR) is 87.5 cm³/mol. The van der Waals surface area contributed by atoms with Gasteiger partial charge in [0.25, 0.3) is 0 Å². The van der Waals surface area contributed by atoms with Crippen molar-refractivity contribution in [2.45, 2.75) is 45.1 Å². The quantitative estimate of drug-likeness (QED) is 0.889. The second-order valence-corrected chi connectivity index (χ2v) is 6.07. The van der Waals surface area contributed by atoms with E-state index in [0.717, 1.165) is 5.82 Å². The van der Waals surface area contributed by atoms with E-state index in [0.29, 0.717) is 31.3 Å². The van der Waals surface area contributed by atoms with Crippen LogP contribution in [0.5, 0.6) is 0 Å². The van der Waals surface area contributed by atoms with Gasteiger partial charge in [0.15, 0.2) is 11.6 Å². The molecule has 6 nitrogen and oxygen atoms in total. The van der Waals surface area contributed by atoms with E-state index in [4.69, 9.17) is 0 Å². The Morgan fingerprint density at radius 3 is 2.70 bits per heavy atom. The van der Waals surface area contributed by atoms with E-state index in [2.05, 4.69) is 20.3 Å². The van der Waals surface area contributed by atoms with Gasteiger partial charge < -0.3 is 9.88 Å². The monoisotopic (exact) mass is 313 g/mol. The lowest BCUT2D eigenvalue weighted by Gasteiger charge is -2.20. The van der Waals surface area contributed by atoms with Crippen molar-refractivity contribution in [3.8, 4) is 11.6 Å². The third-order valence-corrected chi connectivity index (χ3v) is 4.35. The van der Waals surface area contributed by atoms with Crippen LogP contribution in [0.3, 0.4) is 0 Å². The Kier molecular flexibility index (Phi) is 5.34. The van der Waals surface area contributed by atoms with Gasteiger partial charge >= 0.3 is 0 Å². The molecule has 0 aliphatic heterocycles. The summed E-state index contributed by atoms with van der Waals surface area (Å²) < 4.78 is 1.97. The lowest BCUT2D eigenvalue weighted by atomic mass is 9.87. The van der Waals surface area contributed by atoms with E-state index in [1.54, 1.807) is 24.7 Å². The van der Waals surface area contributed by atoms with E-state index in [1.807, 2.05) is 10.8 Å². The lowest BCUT2D eigenvalue weighted by Crippen LogP contribution is -2.29. The number of hydrogen-bond acceptors (Lipinski definition) is 4. The molecular weight excluding hydrogens is 290 g/mol. The van der Waals surface area contributed by atoms with Gasteiger partial charge in [0.1, 0.15) is 0 Å². The summed E-state index contributed by atoms with van der Waals surface area (Å²) in [5.41, 5.74) is 0. The van der Waals surface area contributed by atoms with Crippen molar-refractivity contribution in [1.82, 2.24) is 24.8 Å². The number of hydrogen-bond donors (Lipinski definition) is 1. The second-order valence-electron chi connectivity index (χ2n) is 6.07. The zero-order valence-electron chi connectivity index (χ0n) is 13.3. The summed E-state index contributed by atoms with van der Waals surface area (Å²) in [6, 6.07) is 1.78. The number of nitrogens with zero attached hydrogens (tertiary/aromatic N) is 4. The number of imidazole rings is 1. The average Bonchev–Trinajstić information content (AvgIpc) is 3.05. The van der Waals surface area contributed by atoms with Crippen LogP contribution in [0.1, 0.15) is 38.5 Å². The first-order valence-electron chi connectivity index (χ1n) is 8.38. The van der Waals surface area contributed by atoms with Crippen LogP contribution in [0, 0.1) is 5.92 Å². The Balaban J connectivity index is 1.47. The minimum Gasteiger partial charge on any atom is -0.354 e. The topological polar surface area (TPSA) is 72.7 Å². The highest BCUT2D eigenvalue weighted by atomic mass is 16.1. The normalized spacial score (nSPS) is 15.5. The molecule has 1 aliphatic carbocycles. The molecule has 1 saturated carbocycles. The highest BCUT2D eigenvalue weighted by molar-refractivity contribution is 5.76. The van der Waals surface area contributed by atoms with Crippen molar-refractivity contribution in [2.24, 2.45) is 5.92 Å². The second kappa shape index (κ2) is 7.85. The van der Waals surface area contributed by atoms with Gasteiger partial charge in [0.2, 0.25) is 5.91 Å². The molecule has 1 fully saturated rings. The Bertz CT molecular complexity index is 619. The fourth-order valence-corrected chi connectivity index (χ4v) is 3.15. The van der Waals surface area contributed by atoms with Crippen LogP contribution in [0.15, 0.2) is 30.9 Å². The van der Waals surface area contributed by atoms with E-state index < -0.39 is 0 Å². The highest BCUT2D eigenvalue weighted by Crippen LogP contribution is 2.25. The Morgan fingerprint density at radius 1 is 1.13 bits per heavy atom. The molecule has 2 aromatic heterocycles. The van der Waals surface area contributed by atoms with Gasteiger partial charge in [-0.15, -0.1) is 0 Å². The largest absolute Gasteiger partial charge is 0.354 e. The van der Waals surface area contributed by atoms with Gasteiger partial charge in [0, 0.05) is 44.3 Å². The number of carbonyl (C=O) groups is 1. The fraction of sp³-hybridized carbons (Fsp3) is 0.529. The minimum absolute atomic E-state index is 0.162. The molecule has 122 valence electrons. The first-order chi connectivity index (χ1) is 11.3. The number of carbonyl (C=O) groups excluding carboxylic acids is 1. The summed E-state index contributed by atoms with van der Waals surface area (Å²) in [6.07, 6.45) is 14.0. The molecular formula is C17H23N5O. The smallest absolute Gasteiger partial charge is 0.220 e. The molecule has 0 radical (unpaired) electrons. The maximum Gasteiger partial charge on any atom is 0.220 e. The highest BCUT2D eigenvalue weighted by Gasteiger charge is 2.16. The maximum atomic E-state index is 12.0. The zero-order chi connectivity index (χ0) is 15.9. The molecule has 6 heteroatoms. The van der Waals surface area contributed by atoms with Crippen molar-refractivity contribution >= 4 is 5.91 Å². The molecule has 1 N–H and O–H groups in total. The van der Waals surface area contributed by atoms with E-state index >= 15 is 0 Å². The van der Waals surface area contributed by atoms with Crippen LogP contribution in [0.4, 0.5) is 0 Å². The van der Waals surface area contributed by atoms with E-state index in [1.165, 1.54) is 32.1 Å². The first-order valence-corrected chi connectivity index (χ1v) is 8.38.